The molecule has 0 spiro atoms. The Morgan fingerprint density at radius 1 is 1.26 bits per heavy atom. The molecule has 1 aliphatic heterocycles. The zero-order valence-corrected chi connectivity index (χ0v) is 14.1. The molecule has 1 N–H and O–H groups in total. The highest BCUT2D eigenvalue weighted by Gasteiger charge is 2.17. The largest absolute Gasteiger partial charge is 0.454 e. The van der Waals surface area contributed by atoms with E-state index in [2.05, 4.69) is 5.32 Å². The standard InChI is InChI=1S/C17H16ClNO3S/c1-11(23-16-5-3-2-4-13(16)18)17(20)19-9-12-6-7-14-15(8-12)22-10-21-14/h2-8,11H,9-10H2,1H3,(H,19,20). The molecule has 0 aliphatic carbocycles. The number of thioether (sulfide) groups is 1. The summed E-state index contributed by atoms with van der Waals surface area (Å²) in [4.78, 5) is 13.1. The number of ether oxygens (including phenoxy) is 2. The van der Waals surface area contributed by atoms with Crippen molar-refractivity contribution in [1.82, 2.24) is 5.32 Å². The average molecular weight is 350 g/mol. The first-order valence-electron chi connectivity index (χ1n) is 7.21. The Balaban J connectivity index is 1.55. The van der Waals surface area contributed by atoms with Crippen molar-refractivity contribution < 1.29 is 14.3 Å². The molecule has 120 valence electrons. The van der Waals surface area contributed by atoms with E-state index in [9.17, 15) is 4.79 Å². The lowest BCUT2D eigenvalue weighted by atomic mass is 10.2. The molecule has 0 fully saturated rings. The van der Waals surface area contributed by atoms with Gasteiger partial charge in [-0.25, -0.2) is 0 Å². The number of nitrogens with one attached hydrogen (secondary N) is 1. The van der Waals surface area contributed by atoms with E-state index in [0.29, 0.717) is 11.6 Å². The molecule has 2 aromatic rings. The Labute approximate surface area is 144 Å². The van der Waals surface area contributed by atoms with Gasteiger partial charge in [0.2, 0.25) is 12.7 Å². The summed E-state index contributed by atoms with van der Waals surface area (Å²) >= 11 is 7.57. The number of fused-ring (bicyclic) bond motifs is 1. The molecule has 23 heavy (non-hydrogen) atoms. The van der Waals surface area contributed by atoms with Crippen LogP contribution in [0, 0.1) is 0 Å². The molecule has 1 unspecified atom stereocenters. The summed E-state index contributed by atoms with van der Waals surface area (Å²) in [6.45, 7) is 2.56. The second-order valence-electron chi connectivity index (χ2n) is 5.10. The summed E-state index contributed by atoms with van der Waals surface area (Å²) in [7, 11) is 0. The SMILES string of the molecule is CC(Sc1ccccc1Cl)C(=O)NCc1ccc2c(c1)OCO2. The van der Waals surface area contributed by atoms with Gasteiger partial charge in [0.25, 0.3) is 0 Å². The quantitative estimate of drug-likeness (QED) is 0.832. The van der Waals surface area contributed by atoms with Crippen molar-refractivity contribution in [1.29, 1.82) is 0 Å². The van der Waals surface area contributed by atoms with E-state index in [4.69, 9.17) is 21.1 Å². The van der Waals surface area contributed by atoms with Crippen molar-refractivity contribution in [3.8, 4) is 11.5 Å². The fourth-order valence-corrected chi connectivity index (χ4v) is 3.35. The molecule has 0 aromatic heterocycles. The van der Waals surface area contributed by atoms with Crippen LogP contribution in [0.1, 0.15) is 12.5 Å². The lowest BCUT2D eigenvalue weighted by molar-refractivity contribution is -0.120. The molecule has 2 aromatic carbocycles. The molecule has 0 bridgehead atoms. The maximum Gasteiger partial charge on any atom is 0.233 e. The van der Waals surface area contributed by atoms with Crippen LogP contribution in [0.25, 0.3) is 0 Å². The van der Waals surface area contributed by atoms with Crippen LogP contribution in [0.5, 0.6) is 11.5 Å². The van der Waals surface area contributed by atoms with Gasteiger partial charge >= 0.3 is 0 Å². The number of rotatable bonds is 5. The lowest BCUT2D eigenvalue weighted by Gasteiger charge is -2.13. The summed E-state index contributed by atoms with van der Waals surface area (Å²) in [5, 5.41) is 3.36. The summed E-state index contributed by atoms with van der Waals surface area (Å²) in [5.41, 5.74) is 0.970. The van der Waals surface area contributed by atoms with Gasteiger partial charge < -0.3 is 14.8 Å². The zero-order valence-electron chi connectivity index (χ0n) is 12.5. The number of hydrogen-bond donors (Lipinski definition) is 1. The predicted octanol–water partition coefficient (Wildman–Crippen LogP) is 3.87. The highest BCUT2D eigenvalue weighted by Crippen LogP contribution is 2.33. The molecule has 3 rings (SSSR count). The van der Waals surface area contributed by atoms with E-state index in [-0.39, 0.29) is 18.0 Å². The van der Waals surface area contributed by atoms with Gasteiger partial charge in [-0.3, -0.25) is 4.79 Å². The van der Waals surface area contributed by atoms with Gasteiger partial charge in [-0.2, -0.15) is 0 Å². The third-order valence-electron chi connectivity index (χ3n) is 3.41. The van der Waals surface area contributed by atoms with Crippen molar-refractivity contribution in [2.75, 3.05) is 6.79 Å². The minimum absolute atomic E-state index is 0.0346. The minimum Gasteiger partial charge on any atom is -0.454 e. The van der Waals surface area contributed by atoms with Gasteiger partial charge in [0.05, 0.1) is 10.3 Å². The molecule has 1 aliphatic rings. The molecule has 0 saturated heterocycles. The smallest absolute Gasteiger partial charge is 0.233 e. The van der Waals surface area contributed by atoms with Crippen LogP contribution in [0.4, 0.5) is 0 Å². The van der Waals surface area contributed by atoms with E-state index in [1.807, 2.05) is 49.4 Å². The highest BCUT2D eigenvalue weighted by atomic mass is 35.5. The van der Waals surface area contributed by atoms with Crippen LogP contribution in [-0.4, -0.2) is 18.0 Å². The van der Waals surface area contributed by atoms with E-state index < -0.39 is 0 Å². The van der Waals surface area contributed by atoms with Crippen LogP contribution in [0.3, 0.4) is 0 Å². The van der Waals surface area contributed by atoms with E-state index >= 15 is 0 Å². The summed E-state index contributed by atoms with van der Waals surface area (Å²) < 4.78 is 10.6. The van der Waals surface area contributed by atoms with Crippen molar-refractivity contribution >= 4 is 29.3 Å². The number of carbonyl (C=O) groups is 1. The molecule has 4 nitrogen and oxygen atoms in total. The number of benzene rings is 2. The van der Waals surface area contributed by atoms with Gasteiger partial charge in [0.15, 0.2) is 11.5 Å². The number of carbonyl (C=O) groups excluding carboxylic acids is 1. The minimum atomic E-state index is -0.232. The zero-order chi connectivity index (χ0) is 16.2. The number of amides is 1. The topological polar surface area (TPSA) is 47.6 Å². The Kier molecular flexibility index (Phi) is 4.98. The van der Waals surface area contributed by atoms with E-state index in [1.165, 1.54) is 11.8 Å². The maximum atomic E-state index is 12.2. The molecular formula is C17H16ClNO3S. The van der Waals surface area contributed by atoms with Crippen LogP contribution in [0.2, 0.25) is 5.02 Å². The second-order valence-corrected chi connectivity index (χ2v) is 6.89. The molecule has 0 saturated carbocycles. The van der Waals surface area contributed by atoms with Gasteiger partial charge in [-0.1, -0.05) is 29.8 Å². The Bertz CT molecular complexity index is 723. The molecule has 6 heteroatoms. The van der Waals surface area contributed by atoms with Gasteiger partial charge in [0, 0.05) is 11.4 Å². The van der Waals surface area contributed by atoms with E-state index in [0.717, 1.165) is 22.0 Å². The Morgan fingerprint density at radius 2 is 2.04 bits per heavy atom. The van der Waals surface area contributed by atoms with E-state index in [1.54, 1.807) is 0 Å². The first kappa shape index (κ1) is 16.0. The Morgan fingerprint density at radius 3 is 2.87 bits per heavy atom. The van der Waals surface area contributed by atoms with Crippen LogP contribution in [0.15, 0.2) is 47.4 Å². The third kappa shape index (κ3) is 3.92. The fraction of sp³-hybridized carbons (Fsp3) is 0.235. The number of halogens is 1. The molecule has 0 radical (unpaired) electrons. The van der Waals surface area contributed by atoms with Crippen LogP contribution < -0.4 is 14.8 Å². The summed E-state index contributed by atoms with van der Waals surface area (Å²) in [5.74, 6) is 1.42. The maximum absolute atomic E-state index is 12.2. The molecule has 1 atom stereocenters. The van der Waals surface area contributed by atoms with Crippen LogP contribution >= 0.6 is 23.4 Å². The Hall–Kier alpha value is -1.85. The van der Waals surface area contributed by atoms with Crippen molar-refractivity contribution in [3.63, 3.8) is 0 Å². The first-order chi connectivity index (χ1) is 11.1. The van der Waals surface area contributed by atoms with Gasteiger partial charge in [-0.15, -0.1) is 11.8 Å². The fourth-order valence-electron chi connectivity index (χ4n) is 2.17. The monoisotopic (exact) mass is 349 g/mol. The van der Waals surface area contributed by atoms with Gasteiger partial charge in [0.1, 0.15) is 0 Å². The summed E-state index contributed by atoms with van der Waals surface area (Å²) in [6.07, 6.45) is 0. The molecular weight excluding hydrogens is 334 g/mol. The van der Waals surface area contributed by atoms with Crippen molar-refractivity contribution in [2.45, 2.75) is 23.6 Å². The first-order valence-corrected chi connectivity index (χ1v) is 8.46. The normalized spacial score (nSPS) is 13.7. The number of hydrogen-bond acceptors (Lipinski definition) is 4. The second kappa shape index (κ2) is 7.15. The molecule has 1 heterocycles. The van der Waals surface area contributed by atoms with Gasteiger partial charge in [-0.05, 0) is 36.8 Å². The van der Waals surface area contributed by atoms with Crippen LogP contribution in [-0.2, 0) is 11.3 Å². The van der Waals surface area contributed by atoms with Crippen molar-refractivity contribution in [2.24, 2.45) is 0 Å². The average Bonchev–Trinajstić information content (AvgIpc) is 3.02. The summed E-state index contributed by atoms with van der Waals surface area (Å²) in [6, 6.07) is 13.2. The predicted molar refractivity (Wildman–Crippen MR) is 91.2 cm³/mol. The highest BCUT2D eigenvalue weighted by molar-refractivity contribution is 8.00. The third-order valence-corrected chi connectivity index (χ3v) is 5.03. The molecule has 1 amide bonds. The lowest BCUT2D eigenvalue weighted by Crippen LogP contribution is -2.30. The van der Waals surface area contributed by atoms with Crippen molar-refractivity contribution in [3.05, 3.63) is 53.1 Å².